The molecule has 0 fully saturated rings. The highest BCUT2D eigenvalue weighted by Crippen LogP contribution is 2.25. The molecule has 0 atom stereocenters. The second-order valence-corrected chi connectivity index (χ2v) is 5.86. The number of nitrogens with one attached hydrogen (secondary N) is 1. The molecule has 2 aromatic carbocycles. The lowest BCUT2D eigenvalue weighted by Gasteiger charge is -2.10. The highest BCUT2D eigenvalue weighted by Gasteiger charge is 2.13. The standard InChI is InChI=1S/C19H16ClN3O2/c1-12-10-11-22-18(21)17(12)19(24)23-14-4-8-16(9-5-14)25-15-6-2-13(20)3-7-15/h2-11H,1H3,(H2,21,22)(H,23,24). The van der Waals surface area contributed by atoms with Crippen molar-refractivity contribution in [1.29, 1.82) is 0 Å². The van der Waals surface area contributed by atoms with Gasteiger partial charge in [0.05, 0.1) is 5.56 Å². The van der Waals surface area contributed by atoms with Crippen LogP contribution in [0.15, 0.2) is 60.8 Å². The molecule has 0 bridgehead atoms. The van der Waals surface area contributed by atoms with Crippen LogP contribution in [0.3, 0.4) is 0 Å². The summed E-state index contributed by atoms with van der Waals surface area (Å²) in [6.07, 6.45) is 1.57. The van der Waals surface area contributed by atoms with Crippen molar-refractivity contribution in [1.82, 2.24) is 4.98 Å². The molecule has 126 valence electrons. The van der Waals surface area contributed by atoms with E-state index in [1.54, 1.807) is 60.8 Å². The molecular weight excluding hydrogens is 338 g/mol. The molecule has 0 spiro atoms. The Balaban J connectivity index is 1.70. The number of halogens is 1. The lowest BCUT2D eigenvalue weighted by Crippen LogP contribution is -2.16. The van der Waals surface area contributed by atoms with Gasteiger partial charge in [0.15, 0.2) is 0 Å². The van der Waals surface area contributed by atoms with Gasteiger partial charge in [0.1, 0.15) is 17.3 Å². The van der Waals surface area contributed by atoms with E-state index in [4.69, 9.17) is 22.1 Å². The molecule has 25 heavy (non-hydrogen) atoms. The second-order valence-electron chi connectivity index (χ2n) is 5.42. The lowest BCUT2D eigenvalue weighted by atomic mass is 10.1. The van der Waals surface area contributed by atoms with Crippen molar-refractivity contribution in [2.24, 2.45) is 0 Å². The Morgan fingerprint density at radius 2 is 1.64 bits per heavy atom. The predicted molar refractivity (Wildman–Crippen MR) is 99.3 cm³/mol. The first-order valence-corrected chi connectivity index (χ1v) is 7.96. The lowest BCUT2D eigenvalue weighted by molar-refractivity contribution is 0.102. The maximum Gasteiger partial charge on any atom is 0.259 e. The third-order valence-corrected chi connectivity index (χ3v) is 3.83. The number of ether oxygens (including phenoxy) is 1. The average molecular weight is 354 g/mol. The third-order valence-electron chi connectivity index (χ3n) is 3.58. The van der Waals surface area contributed by atoms with Crippen molar-refractivity contribution < 1.29 is 9.53 Å². The van der Waals surface area contributed by atoms with Gasteiger partial charge < -0.3 is 15.8 Å². The maximum atomic E-state index is 12.4. The summed E-state index contributed by atoms with van der Waals surface area (Å²) in [5, 5.41) is 3.45. The van der Waals surface area contributed by atoms with E-state index in [-0.39, 0.29) is 11.7 Å². The smallest absolute Gasteiger partial charge is 0.259 e. The number of hydrogen-bond acceptors (Lipinski definition) is 4. The number of benzene rings is 2. The summed E-state index contributed by atoms with van der Waals surface area (Å²) in [6.45, 7) is 1.82. The number of nitrogens with two attached hydrogens (primary N) is 1. The number of rotatable bonds is 4. The molecule has 6 heteroatoms. The summed E-state index contributed by atoms with van der Waals surface area (Å²) in [6, 6.07) is 15.9. The zero-order valence-electron chi connectivity index (χ0n) is 13.5. The van der Waals surface area contributed by atoms with Crippen LogP contribution in [0.1, 0.15) is 15.9 Å². The van der Waals surface area contributed by atoms with Gasteiger partial charge in [-0.3, -0.25) is 4.79 Å². The van der Waals surface area contributed by atoms with Crippen molar-refractivity contribution in [3.63, 3.8) is 0 Å². The molecule has 0 radical (unpaired) electrons. The number of amides is 1. The summed E-state index contributed by atoms with van der Waals surface area (Å²) < 4.78 is 5.71. The van der Waals surface area contributed by atoms with Gasteiger partial charge in [-0.05, 0) is 67.1 Å². The third kappa shape index (κ3) is 4.08. The quantitative estimate of drug-likeness (QED) is 0.714. The van der Waals surface area contributed by atoms with Crippen molar-refractivity contribution in [3.8, 4) is 11.5 Å². The minimum Gasteiger partial charge on any atom is -0.457 e. The first-order valence-electron chi connectivity index (χ1n) is 7.59. The van der Waals surface area contributed by atoms with Gasteiger partial charge >= 0.3 is 0 Å². The molecule has 1 heterocycles. The van der Waals surface area contributed by atoms with E-state index in [1.165, 1.54) is 0 Å². The molecule has 0 saturated heterocycles. The summed E-state index contributed by atoms with van der Waals surface area (Å²) in [5.41, 5.74) is 7.58. The zero-order valence-corrected chi connectivity index (χ0v) is 14.2. The fraction of sp³-hybridized carbons (Fsp3) is 0.0526. The molecule has 1 aromatic heterocycles. The second kappa shape index (κ2) is 7.23. The Morgan fingerprint density at radius 1 is 1.04 bits per heavy atom. The molecule has 0 unspecified atom stereocenters. The minimum absolute atomic E-state index is 0.209. The number of pyridine rings is 1. The van der Waals surface area contributed by atoms with E-state index in [0.717, 1.165) is 5.56 Å². The van der Waals surface area contributed by atoms with E-state index in [2.05, 4.69) is 10.3 Å². The number of nitrogen functional groups attached to an aromatic ring is 1. The van der Waals surface area contributed by atoms with E-state index in [1.807, 2.05) is 6.92 Å². The highest BCUT2D eigenvalue weighted by molar-refractivity contribution is 6.30. The summed E-state index contributed by atoms with van der Waals surface area (Å²) in [7, 11) is 0. The first kappa shape index (κ1) is 16.8. The van der Waals surface area contributed by atoms with Crippen LogP contribution in [0.2, 0.25) is 5.02 Å². The highest BCUT2D eigenvalue weighted by atomic mass is 35.5. The SMILES string of the molecule is Cc1ccnc(N)c1C(=O)Nc1ccc(Oc2ccc(Cl)cc2)cc1. The molecule has 0 aliphatic carbocycles. The van der Waals surface area contributed by atoms with Crippen LogP contribution in [0.4, 0.5) is 11.5 Å². The van der Waals surface area contributed by atoms with Crippen molar-refractivity contribution >= 4 is 29.0 Å². The van der Waals surface area contributed by atoms with Gasteiger partial charge in [-0.1, -0.05) is 11.6 Å². The molecule has 0 aliphatic rings. The van der Waals surface area contributed by atoms with Gasteiger partial charge in [-0.2, -0.15) is 0 Å². The molecule has 3 rings (SSSR count). The van der Waals surface area contributed by atoms with Gasteiger partial charge in [0.2, 0.25) is 0 Å². The van der Waals surface area contributed by atoms with Crippen LogP contribution in [0.5, 0.6) is 11.5 Å². The van der Waals surface area contributed by atoms with Crippen molar-refractivity contribution in [2.45, 2.75) is 6.92 Å². The number of carbonyl (C=O) groups is 1. The van der Waals surface area contributed by atoms with Crippen molar-refractivity contribution in [2.75, 3.05) is 11.1 Å². The monoisotopic (exact) mass is 353 g/mol. The number of nitrogens with zero attached hydrogens (tertiary/aromatic N) is 1. The maximum absolute atomic E-state index is 12.4. The molecule has 0 saturated carbocycles. The Morgan fingerprint density at radius 3 is 2.24 bits per heavy atom. The zero-order chi connectivity index (χ0) is 17.8. The molecule has 3 aromatic rings. The number of aryl methyl sites for hydroxylation is 1. The van der Waals surface area contributed by atoms with E-state index in [9.17, 15) is 4.79 Å². The Bertz CT molecular complexity index is 873. The Kier molecular flexibility index (Phi) is 4.86. The Hall–Kier alpha value is -3.05. The van der Waals surface area contributed by atoms with Gasteiger partial charge in [0.25, 0.3) is 5.91 Å². The molecule has 1 amide bonds. The van der Waals surface area contributed by atoms with Crippen LogP contribution in [-0.4, -0.2) is 10.9 Å². The largest absolute Gasteiger partial charge is 0.457 e. The van der Waals surface area contributed by atoms with Gasteiger partial charge in [-0.25, -0.2) is 4.98 Å². The predicted octanol–water partition coefficient (Wildman–Crippen LogP) is 4.67. The summed E-state index contributed by atoms with van der Waals surface area (Å²) in [5.74, 6) is 1.24. The van der Waals surface area contributed by atoms with Gasteiger partial charge in [-0.15, -0.1) is 0 Å². The topological polar surface area (TPSA) is 77.2 Å². The average Bonchev–Trinajstić information content (AvgIpc) is 2.58. The van der Waals surface area contributed by atoms with Crippen LogP contribution in [-0.2, 0) is 0 Å². The normalized spacial score (nSPS) is 10.3. The first-order chi connectivity index (χ1) is 12.0. The fourth-order valence-corrected chi connectivity index (χ4v) is 2.44. The van der Waals surface area contributed by atoms with E-state index >= 15 is 0 Å². The number of carbonyl (C=O) groups excluding carboxylic acids is 1. The van der Waals surface area contributed by atoms with E-state index < -0.39 is 0 Å². The van der Waals surface area contributed by atoms with Gasteiger partial charge in [0, 0.05) is 16.9 Å². The molecule has 3 N–H and O–H groups in total. The summed E-state index contributed by atoms with van der Waals surface area (Å²) in [4.78, 5) is 16.3. The summed E-state index contributed by atoms with van der Waals surface area (Å²) >= 11 is 5.85. The molecular formula is C19H16ClN3O2. The van der Waals surface area contributed by atoms with Crippen molar-refractivity contribution in [3.05, 3.63) is 76.9 Å². The van der Waals surface area contributed by atoms with Crippen LogP contribution >= 0.6 is 11.6 Å². The molecule has 0 aliphatic heterocycles. The van der Waals surface area contributed by atoms with Crippen LogP contribution in [0, 0.1) is 6.92 Å². The Labute approximate surface area is 150 Å². The van der Waals surface area contributed by atoms with Crippen LogP contribution < -0.4 is 15.8 Å². The number of hydrogen-bond donors (Lipinski definition) is 2. The number of aromatic nitrogens is 1. The fourth-order valence-electron chi connectivity index (χ4n) is 2.31. The van der Waals surface area contributed by atoms with E-state index in [0.29, 0.717) is 27.8 Å². The van der Waals surface area contributed by atoms with Crippen LogP contribution in [0.25, 0.3) is 0 Å². The number of anilines is 2. The molecule has 5 nitrogen and oxygen atoms in total. The minimum atomic E-state index is -0.297.